The third-order valence-electron chi connectivity index (χ3n) is 4.43. The second-order valence-electron chi connectivity index (χ2n) is 6.10. The van der Waals surface area contributed by atoms with Crippen molar-refractivity contribution in [3.05, 3.63) is 53.2 Å². The van der Waals surface area contributed by atoms with Crippen LogP contribution in [-0.2, 0) is 4.79 Å². The number of aromatic nitrogens is 3. The lowest BCUT2D eigenvalue weighted by Gasteiger charge is -2.30. The minimum atomic E-state index is -0.196. The number of rotatable bonds is 4. The molecule has 128 valence electrons. The highest BCUT2D eigenvalue weighted by molar-refractivity contribution is 7.99. The predicted molar refractivity (Wildman–Crippen MR) is 100 cm³/mol. The first-order valence-electron chi connectivity index (χ1n) is 8.62. The van der Waals surface area contributed by atoms with Crippen LogP contribution in [0.4, 0.5) is 5.95 Å². The second-order valence-corrected chi connectivity index (χ2v) is 7.34. The molecule has 2 aliphatic rings. The van der Waals surface area contributed by atoms with Gasteiger partial charge in [-0.2, -0.15) is 4.98 Å². The molecular formula is C19H20N4OS. The fourth-order valence-electron chi connectivity index (χ4n) is 3.31. The average molecular weight is 352 g/mol. The van der Waals surface area contributed by atoms with E-state index in [1.165, 1.54) is 0 Å². The maximum atomic E-state index is 12.6. The minimum Gasteiger partial charge on any atom is -0.328 e. The van der Waals surface area contributed by atoms with E-state index >= 15 is 0 Å². The summed E-state index contributed by atoms with van der Waals surface area (Å²) in [5.74, 6) is 1.86. The number of ketones is 1. The van der Waals surface area contributed by atoms with Gasteiger partial charge in [0.2, 0.25) is 11.1 Å². The Hall–Kier alpha value is -2.34. The molecule has 0 radical (unpaired) electrons. The molecule has 1 N–H and O–H groups in total. The van der Waals surface area contributed by atoms with E-state index in [4.69, 9.17) is 0 Å². The van der Waals surface area contributed by atoms with E-state index in [1.54, 1.807) is 11.8 Å². The average Bonchev–Trinajstić information content (AvgIpc) is 3.02. The SMILES string of the molecule is CCSc1nc2n(n1)C(C=Cc1ccccc1)C1=C(CCCC1=O)N2. The number of anilines is 1. The Morgan fingerprint density at radius 2 is 2.16 bits per heavy atom. The fourth-order valence-corrected chi connectivity index (χ4v) is 3.87. The maximum Gasteiger partial charge on any atom is 0.227 e. The molecule has 1 aromatic carbocycles. The Bertz CT molecular complexity index is 854. The summed E-state index contributed by atoms with van der Waals surface area (Å²) in [6.45, 7) is 2.08. The summed E-state index contributed by atoms with van der Waals surface area (Å²) in [5.41, 5.74) is 2.95. The standard InChI is InChI=1S/C19H20N4OS/c1-2-25-19-21-18-20-14-9-6-10-16(24)17(14)15(23(18)22-19)12-11-13-7-4-3-5-8-13/h3-5,7-8,11-12,15H,2,6,9-10H2,1H3,(H,20,21,22). The number of nitrogens with one attached hydrogen (secondary N) is 1. The Kier molecular flexibility index (Phi) is 4.44. The minimum absolute atomic E-state index is 0.196. The van der Waals surface area contributed by atoms with Gasteiger partial charge < -0.3 is 5.32 Å². The lowest BCUT2D eigenvalue weighted by atomic mass is 9.88. The number of allylic oxidation sites excluding steroid dienone is 3. The number of carbonyl (C=O) groups excluding carboxylic acids is 1. The smallest absolute Gasteiger partial charge is 0.227 e. The lowest BCUT2D eigenvalue weighted by molar-refractivity contribution is -0.116. The summed E-state index contributed by atoms with van der Waals surface area (Å²) >= 11 is 1.61. The van der Waals surface area contributed by atoms with E-state index < -0.39 is 0 Å². The largest absolute Gasteiger partial charge is 0.328 e. The van der Waals surface area contributed by atoms with E-state index in [0.29, 0.717) is 6.42 Å². The van der Waals surface area contributed by atoms with Gasteiger partial charge in [-0.05, 0) is 24.2 Å². The van der Waals surface area contributed by atoms with Crippen molar-refractivity contribution < 1.29 is 4.79 Å². The molecule has 1 unspecified atom stereocenters. The Labute approximate surface area is 151 Å². The van der Waals surface area contributed by atoms with Crippen LogP contribution in [0.15, 0.2) is 52.8 Å². The third kappa shape index (κ3) is 3.14. The van der Waals surface area contributed by atoms with Gasteiger partial charge >= 0.3 is 0 Å². The van der Waals surface area contributed by atoms with Crippen molar-refractivity contribution in [1.82, 2.24) is 14.8 Å². The normalized spacial score (nSPS) is 19.7. The quantitative estimate of drug-likeness (QED) is 0.840. The molecule has 1 aliphatic carbocycles. The van der Waals surface area contributed by atoms with E-state index in [-0.39, 0.29) is 11.8 Å². The zero-order chi connectivity index (χ0) is 17.2. The second kappa shape index (κ2) is 6.88. The summed E-state index contributed by atoms with van der Waals surface area (Å²) in [7, 11) is 0. The van der Waals surface area contributed by atoms with E-state index in [9.17, 15) is 4.79 Å². The molecule has 25 heavy (non-hydrogen) atoms. The Morgan fingerprint density at radius 3 is 2.96 bits per heavy atom. The van der Waals surface area contributed by atoms with E-state index in [0.717, 1.165) is 46.5 Å². The summed E-state index contributed by atoms with van der Waals surface area (Å²) in [6, 6.07) is 9.92. The summed E-state index contributed by atoms with van der Waals surface area (Å²) < 4.78 is 1.85. The van der Waals surface area contributed by atoms with E-state index in [2.05, 4.69) is 46.6 Å². The Balaban J connectivity index is 1.76. The van der Waals surface area contributed by atoms with Crippen molar-refractivity contribution >= 4 is 29.6 Å². The molecule has 2 aromatic rings. The number of carbonyl (C=O) groups is 1. The molecule has 6 heteroatoms. The molecule has 1 atom stereocenters. The first kappa shape index (κ1) is 16.1. The zero-order valence-corrected chi connectivity index (χ0v) is 14.9. The van der Waals surface area contributed by atoms with E-state index in [1.807, 2.05) is 22.9 Å². The summed E-state index contributed by atoms with van der Waals surface area (Å²) in [4.78, 5) is 17.2. The third-order valence-corrected chi connectivity index (χ3v) is 5.15. The molecule has 0 saturated heterocycles. The maximum absolute atomic E-state index is 12.6. The molecule has 2 heterocycles. The van der Waals surface area contributed by atoms with Gasteiger partial charge in [-0.25, -0.2) is 4.68 Å². The number of thioether (sulfide) groups is 1. The van der Waals surface area contributed by atoms with Crippen LogP contribution in [0.5, 0.6) is 0 Å². The van der Waals surface area contributed by atoms with Crippen LogP contribution in [0.25, 0.3) is 6.08 Å². The molecule has 1 aliphatic heterocycles. The van der Waals surface area contributed by atoms with Gasteiger partial charge in [0, 0.05) is 17.7 Å². The lowest BCUT2D eigenvalue weighted by Crippen LogP contribution is -2.30. The van der Waals surface area contributed by atoms with Crippen LogP contribution in [0.2, 0.25) is 0 Å². The molecule has 0 bridgehead atoms. The molecule has 0 amide bonds. The van der Waals surface area contributed by atoms with Crippen molar-refractivity contribution in [2.75, 3.05) is 11.1 Å². The fraction of sp³-hybridized carbons (Fsp3) is 0.316. The van der Waals surface area contributed by atoms with Crippen LogP contribution in [-0.4, -0.2) is 26.3 Å². The molecule has 5 nitrogen and oxygen atoms in total. The van der Waals surface area contributed by atoms with Gasteiger partial charge in [0.1, 0.15) is 6.04 Å². The van der Waals surface area contributed by atoms with Gasteiger partial charge in [0.05, 0.1) is 0 Å². The monoisotopic (exact) mass is 352 g/mol. The van der Waals surface area contributed by atoms with Crippen LogP contribution < -0.4 is 5.32 Å². The van der Waals surface area contributed by atoms with Gasteiger partial charge in [0.25, 0.3) is 0 Å². The number of hydrogen-bond donors (Lipinski definition) is 1. The highest BCUT2D eigenvalue weighted by Crippen LogP contribution is 2.38. The van der Waals surface area contributed by atoms with Crippen molar-refractivity contribution in [2.24, 2.45) is 0 Å². The van der Waals surface area contributed by atoms with Crippen molar-refractivity contribution in [1.29, 1.82) is 0 Å². The van der Waals surface area contributed by atoms with Gasteiger partial charge in [-0.15, -0.1) is 5.10 Å². The van der Waals surface area contributed by atoms with Crippen LogP contribution >= 0.6 is 11.8 Å². The summed E-state index contributed by atoms with van der Waals surface area (Å²) in [6.07, 6.45) is 6.51. The summed E-state index contributed by atoms with van der Waals surface area (Å²) in [5, 5.41) is 8.71. The molecule has 4 rings (SSSR count). The Morgan fingerprint density at radius 1 is 1.32 bits per heavy atom. The van der Waals surface area contributed by atoms with Crippen molar-refractivity contribution in [3.63, 3.8) is 0 Å². The van der Waals surface area contributed by atoms with Crippen molar-refractivity contribution in [3.8, 4) is 0 Å². The highest BCUT2D eigenvalue weighted by Gasteiger charge is 2.34. The van der Waals surface area contributed by atoms with Crippen LogP contribution in [0.3, 0.4) is 0 Å². The number of hydrogen-bond acceptors (Lipinski definition) is 5. The zero-order valence-electron chi connectivity index (χ0n) is 14.1. The van der Waals surface area contributed by atoms with Crippen LogP contribution in [0.1, 0.15) is 37.8 Å². The topological polar surface area (TPSA) is 59.8 Å². The number of fused-ring (bicyclic) bond motifs is 1. The van der Waals surface area contributed by atoms with Crippen molar-refractivity contribution in [2.45, 2.75) is 37.4 Å². The molecule has 0 spiro atoms. The molecular weight excluding hydrogens is 332 g/mol. The highest BCUT2D eigenvalue weighted by atomic mass is 32.2. The first-order chi connectivity index (χ1) is 12.3. The molecule has 0 saturated carbocycles. The number of Topliss-reactive ketones (excluding diaryl/α,β-unsaturated/α-hetero) is 1. The first-order valence-corrected chi connectivity index (χ1v) is 9.60. The van der Waals surface area contributed by atoms with Crippen LogP contribution in [0, 0.1) is 0 Å². The van der Waals surface area contributed by atoms with Gasteiger partial charge in [-0.3, -0.25) is 4.79 Å². The van der Waals surface area contributed by atoms with Gasteiger partial charge in [0.15, 0.2) is 5.78 Å². The predicted octanol–water partition coefficient (Wildman–Crippen LogP) is 4.08. The molecule has 0 fully saturated rings. The number of nitrogens with zero attached hydrogens (tertiary/aromatic N) is 3. The molecule has 1 aromatic heterocycles. The number of benzene rings is 1. The van der Waals surface area contributed by atoms with Gasteiger partial charge in [-0.1, -0.05) is 61.2 Å².